The van der Waals surface area contributed by atoms with Crippen LogP contribution in [0.4, 0.5) is 0 Å². The van der Waals surface area contributed by atoms with Gasteiger partial charge in [-0.1, -0.05) is 19.1 Å². The summed E-state index contributed by atoms with van der Waals surface area (Å²) in [4.78, 5) is 0. The number of hydrogen-bond donors (Lipinski definition) is 1. The second kappa shape index (κ2) is 7.75. The molecule has 2 rings (SSSR count). The van der Waals surface area contributed by atoms with E-state index >= 15 is 0 Å². The molecule has 2 aromatic rings. The van der Waals surface area contributed by atoms with Gasteiger partial charge in [0.15, 0.2) is 0 Å². The number of nitrogens with one attached hydrogen (secondary N) is 1. The van der Waals surface area contributed by atoms with Crippen LogP contribution in [0.2, 0.25) is 0 Å². The molecule has 1 aromatic heterocycles. The van der Waals surface area contributed by atoms with Crippen LogP contribution in [0.25, 0.3) is 0 Å². The predicted molar refractivity (Wildman–Crippen MR) is 81.2 cm³/mol. The van der Waals surface area contributed by atoms with Crippen LogP contribution in [0.1, 0.15) is 24.5 Å². The van der Waals surface area contributed by atoms with Gasteiger partial charge in [0.1, 0.15) is 5.75 Å². The fourth-order valence-corrected chi connectivity index (χ4v) is 2.28. The molecule has 108 valence electrons. The van der Waals surface area contributed by atoms with E-state index in [-0.39, 0.29) is 0 Å². The Hall–Kier alpha value is -1.74. The first-order chi connectivity index (χ1) is 9.78. The molecular formula is C17H23NO2. The zero-order chi connectivity index (χ0) is 14.2. The smallest absolute Gasteiger partial charge is 0.119 e. The molecule has 0 aliphatic rings. The second-order valence-electron chi connectivity index (χ2n) is 5.04. The largest absolute Gasteiger partial charge is 0.494 e. The van der Waals surface area contributed by atoms with E-state index < -0.39 is 0 Å². The average Bonchev–Trinajstić information content (AvgIpc) is 2.92. The quantitative estimate of drug-likeness (QED) is 0.798. The standard InChI is InChI=1S/C17H23NO2/c1-3-18-16(12-15-7-9-19-13-15)8-10-20-17-6-4-5-14(2)11-17/h4-7,9,11,13,16,18H,3,8,10,12H2,1-2H3. The third kappa shape index (κ3) is 4.74. The molecule has 0 fully saturated rings. The highest BCUT2D eigenvalue weighted by Gasteiger charge is 2.09. The van der Waals surface area contributed by atoms with Crippen LogP contribution in [0.5, 0.6) is 5.75 Å². The highest BCUT2D eigenvalue weighted by atomic mass is 16.5. The monoisotopic (exact) mass is 273 g/mol. The van der Waals surface area contributed by atoms with Crippen LogP contribution in [0.3, 0.4) is 0 Å². The molecule has 0 aliphatic carbocycles. The summed E-state index contributed by atoms with van der Waals surface area (Å²) < 4.78 is 10.9. The van der Waals surface area contributed by atoms with Gasteiger partial charge in [-0.05, 0) is 55.6 Å². The van der Waals surface area contributed by atoms with Gasteiger partial charge < -0.3 is 14.5 Å². The van der Waals surface area contributed by atoms with Crippen molar-refractivity contribution in [1.29, 1.82) is 0 Å². The Bertz CT molecular complexity index is 493. The van der Waals surface area contributed by atoms with Gasteiger partial charge in [0.2, 0.25) is 0 Å². The van der Waals surface area contributed by atoms with Crippen molar-refractivity contribution in [2.24, 2.45) is 0 Å². The van der Waals surface area contributed by atoms with Crippen molar-refractivity contribution >= 4 is 0 Å². The average molecular weight is 273 g/mol. The molecule has 1 heterocycles. The van der Waals surface area contributed by atoms with E-state index in [4.69, 9.17) is 9.15 Å². The first-order valence-corrected chi connectivity index (χ1v) is 7.22. The molecule has 3 nitrogen and oxygen atoms in total. The number of aryl methyl sites for hydroxylation is 1. The molecular weight excluding hydrogens is 250 g/mol. The summed E-state index contributed by atoms with van der Waals surface area (Å²) in [5.74, 6) is 0.948. The number of furan rings is 1. The van der Waals surface area contributed by atoms with Crippen LogP contribution in [-0.4, -0.2) is 19.2 Å². The number of rotatable bonds is 8. The van der Waals surface area contributed by atoms with Crippen molar-refractivity contribution in [3.8, 4) is 5.75 Å². The van der Waals surface area contributed by atoms with Gasteiger partial charge in [-0.2, -0.15) is 0 Å². The predicted octanol–water partition coefficient (Wildman–Crippen LogP) is 3.58. The van der Waals surface area contributed by atoms with Gasteiger partial charge in [-0.3, -0.25) is 0 Å². The minimum Gasteiger partial charge on any atom is -0.494 e. The van der Waals surface area contributed by atoms with E-state index in [9.17, 15) is 0 Å². The van der Waals surface area contributed by atoms with E-state index in [0.717, 1.165) is 31.7 Å². The Balaban J connectivity index is 1.80. The Morgan fingerprint density at radius 1 is 1.30 bits per heavy atom. The van der Waals surface area contributed by atoms with E-state index in [1.807, 2.05) is 24.5 Å². The maximum absolute atomic E-state index is 5.82. The van der Waals surface area contributed by atoms with Crippen LogP contribution >= 0.6 is 0 Å². The molecule has 0 saturated carbocycles. The molecule has 3 heteroatoms. The Morgan fingerprint density at radius 2 is 2.20 bits per heavy atom. The normalized spacial score (nSPS) is 12.3. The van der Waals surface area contributed by atoms with E-state index in [2.05, 4.69) is 31.3 Å². The zero-order valence-corrected chi connectivity index (χ0v) is 12.3. The molecule has 0 aliphatic heterocycles. The molecule has 0 saturated heterocycles. The molecule has 1 unspecified atom stereocenters. The fourth-order valence-electron chi connectivity index (χ4n) is 2.28. The molecule has 0 radical (unpaired) electrons. The highest BCUT2D eigenvalue weighted by Crippen LogP contribution is 2.13. The van der Waals surface area contributed by atoms with Crippen molar-refractivity contribution in [1.82, 2.24) is 5.32 Å². The summed E-state index contributed by atoms with van der Waals surface area (Å²) >= 11 is 0. The van der Waals surface area contributed by atoms with Crippen molar-refractivity contribution < 1.29 is 9.15 Å². The third-order valence-corrected chi connectivity index (χ3v) is 3.28. The highest BCUT2D eigenvalue weighted by molar-refractivity contribution is 5.27. The molecule has 0 bridgehead atoms. The summed E-state index contributed by atoms with van der Waals surface area (Å²) in [6, 6.07) is 10.6. The zero-order valence-electron chi connectivity index (χ0n) is 12.3. The minimum atomic E-state index is 0.419. The lowest BCUT2D eigenvalue weighted by Gasteiger charge is -2.17. The Morgan fingerprint density at radius 3 is 2.90 bits per heavy atom. The van der Waals surface area contributed by atoms with E-state index in [1.165, 1.54) is 11.1 Å². The molecule has 20 heavy (non-hydrogen) atoms. The van der Waals surface area contributed by atoms with Crippen LogP contribution in [0.15, 0.2) is 47.3 Å². The lowest BCUT2D eigenvalue weighted by molar-refractivity contribution is 0.285. The summed E-state index contributed by atoms with van der Waals surface area (Å²) in [7, 11) is 0. The Kier molecular flexibility index (Phi) is 5.69. The molecule has 0 spiro atoms. The summed E-state index contributed by atoms with van der Waals surface area (Å²) in [6.45, 7) is 5.89. The van der Waals surface area contributed by atoms with Gasteiger partial charge in [0.25, 0.3) is 0 Å². The topological polar surface area (TPSA) is 34.4 Å². The summed E-state index contributed by atoms with van der Waals surface area (Å²) in [5, 5.41) is 3.50. The van der Waals surface area contributed by atoms with Crippen LogP contribution < -0.4 is 10.1 Å². The van der Waals surface area contributed by atoms with Crippen molar-refractivity contribution in [2.75, 3.05) is 13.2 Å². The van der Waals surface area contributed by atoms with Crippen molar-refractivity contribution in [3.05, 3.63) is 54.0 Å². The summed E-state index contributed by atoms with van der Waals surface area (Å²) in [6.07, 6.45) is 5.49. The van der Waals surface area contributed by atoms with Crippen molar-refractivity contribution in [3.63, 3.8) is 0 Å². The number of likely N-dealkylation sites (N-methyl/N-ethyl adjacent to an activating group) is 1. The third-order valence-electron chi connectivity index (χ3n) is 3.28. The maximum atomic E-state index is 5.82. The molecule has 1 aromatic carbocycles. The lowest BCUT2D eigenvalue weighted by Crippen LogP contribution is -2.32. The molecule has 1 atom stereocenters. The number of benzene rings is 1. The fraction of sp³-hybridized carbons (Fsp3) is 0.412. The lowest BCUT2D eigenvalue weighted by atomic mass is 10.1. The van der Waals surface area contributed by atoms with Crippen molar-refractivity contribution in [2.45, 2.75) is 32.7 Å². The van der Waals surface area contributed by atoms with Crippen LogP contribution in [-0.2, 0) is 6.42 Å². The van der Waals surface area contributed by atoms with E-state index in [1.54, 1.807) is 6.26 Å². The van der Waals surface area contributed by atoms with Gasteiger partial charge in [0.05, 0.1) is 19.1 Å². The molecule has 1 N–H and O–H groups in total. The Labute approximate surface area is 121 Å². The number of ether oxygens (including phenoxy) is 1. The van der Waals surface area contributed by atoms with E-state index in [0.29, 0.717) is 6.04 Å². The van der Waals surface area contributed by atoms with Gasteiger partial charge in [-0.15, -0.1) is 0 Å². The number of hydrogen-bond acceptors (Lipinski definition) is 3. The first kappa shape index (κ1) is 14.7. The van der Waals surface area contributed by atoms with Gasteiger partial charge in [-0.25, -0.2) is 0 Å². The first-order valence-electron chi connectivity index (χ1n) is 7.22. The minimum absolute atomic E-state index is 0.419. The van der Waals surface area contributed by atoms with Crippen LogP contribution in [0, 0.1) is 6.92 Å². The second-order valence-corrected chi connectivity index (χ2v) is 5.04. The molecule has 0 amide bonds. The summed E-state index contributed by atoms with van der Waals surface area (Å²) in [5.41, 5.74) is 2.45. The maximum Gasteiger partial charge on any atom is 0.119 e. The van der Waals surface area contributed by atoms with Gasteiger partial charge >= 0.3 is 0 Å². The SMILES string of the molecule is CCNC(CCOc1cccc(C)c1)Cc1ccoc1. The van der Waals surface area contributed by atoms with Gasteiger partial charge in [0, 0.05) is 6.04 Å².